The van der Waals surface area contributed by atoms with Gasteiger partial charge in [-0.05, 0) is 127 Å². The second-order valence-electron chi connectivity index (χ2n) is 14.3. The molecule has 0 saturated carbocycles. The van der Waals surface area contributed by atoms with Crippen LogP contribution in [0.1, 0.15) is 66.8 Å². The van der Waals surface area contributed by atoms with Crippen LogP contribution in [-0.4, -0.2) is 0 Å². The molecule has 0 fully saturated rings. The molecular formula is C56H44. The van der Waals surface area contributed by atoms with Gasteiger partial charge in [0.1, 0.15) is 0 Å². The summed E-state index contributed by atoms with van der Waals surface area (Å²) in [4.78, 5) is 0. The highest BCUT2D eigenvalue weighted by atomic mass is 14.1. The van der Waals surface area contributed by atoms with E-state index in [1.54, 1.807) is 0 Å². The fourth-order valence-electron chi connectivity index (χ4n) is 7.35. The first kappa shape index (κ1) is 36.0. The fraction of sp³-hybridized carbons (Fsp3) is 0.0357. The van der Waals surface area contributed by atoms with Gasteiger partial charge in [0.15, 0.2) is 0 Å². The van der Waals surface area contributed by atoms with Gasteiger partial charge in [-0.15, -0.1) is 0 Å². The van der Waals surface area contributed by atoms with Gasteiger partial charge in [-0.25, -0.2) is 0 Å². The maximum atomic E-state index is 2.31. The van der Waals surface area contributed by atoms with Gasteiger partial charge in [-0.1, -0.05) is 206 Å². The normalized spacial score (nSPS) is 11.2. The van der Waals surface area contributed by atoms with Gasteiger partial charge in [0.25, 0.3) is 0 Å². The highest BCUT2D eigenvalue weighted by Crippen LogP contribution is 2.30. The Morgan fingerprint density at radius 3 is 1.16 bits per heavy atom. The lowest BCUT2D eigenvalue weighted by molar-refractivity contribution is 1.43. The van der Waals surface area contributed by atoms with Crippen LogP contribution in [0, 0.1) is 13.8 Å². The number of benzene rings is 8. The maximum absolute atomic E-state index is 2.31. The van der Waals surface area contributed by atoms with Crippen molar-refractivity contribution >= 4 is 58.4 Å². The average Bonchev–Trinajstić information content (AvgIpc) is 3.25. The molecule has 8 aromatic rings. The van der Waals surface area contributed by atoms with Crippen LogP contribution in [0.3, 0.4) is 0 Å². The molecule has 8 rings (SSSR count). The molecule has 0 heterocycles. The first-order chi connectivity index (χ1) is 27.6. The van der Waals surface area contributed by atoms with Crippen molar-refractivity contribution in [2.45, 2.75) is 13.8 Å². The Balaban J connectivity index is 1.06. The third-order valence-corrected chi connectivity index (χ3v) is 10.4. The molecule has 56 heavy (non-hydrogen) atoms. The smallest absolute Gasteiger partial charge is 0.0105 e. The van der Waals surface area contributed by atoms with E-state index in [9.17, 15) is 0 Å². The molecule has 0 aliphatic heterocycles. The molecule has 0 nitrogen and oxygen atoms in total. The predicted octanol–water partition coefficient (Wildman–Crippen LogP) is 15.0. The quantitative estimate of drug-likeness (QED) is 0.124. The number of fused-ring (bicyclic) bond motifs is 1. The van der Waals surface area contributed by atoms with Crippen molar-refractivity contribution in [3.8, 4) is 0 Å². The monoisotopic (exact) mass is 716 g/mol. The predicted molar refractivity (Wildman–Crippen MR) is 244 cm³/mol. The van der Waals surface area contributed by atoms with E-state index in [4.69, 9.17) is 0 Å². The van der Waals surface area contributed by atoms with Crippen LogP contribution in [0.25, 0.3) is 58.4 Å². The van der Waals surface area contributed by atoms with Crippen LogP contribution in [-0.2, 0) is 0 Å². The summed E-state index contributed by atoms with van der Waals surface area (Å²) < 4.78 is 0. The van der Waals surface area contributed by atoms with Crippen molar-refractivity contribution in [3.63, 3.8) is 0 Å². The van der Waals surface area contributed by atoms with Crippen molar-refractivity contribution in [2.75, 3.05) is 0 Å². The maximum Gasteiger partial charge on any atom is -0.0105 e. The lowest BCUT2D eigenvalue weighted by Crippen LogP contribution is -1.90. The van der Waals surface area contributed by atoms with E-state index in [1.807, 2.05) is 0 Å². The molecule has 0 aromatic heterocycles. The zero-order valence-corrected chi connectivity index (χ0v) is 31.9. The van der Waals surface area contributed by atoms with E-state index in [1.165, 1.54) is 88.7 Å². The minimum Gasteiger partial charge on any atom is -0.0622 e. The molecule has 0 spiro atoms. The Morgan fingerprint density at radius 1 is 0.321 bits per heavy atom. The summed E-state index contributed by atoms with van der Waals surface area (Å²) in [5, 5.41) is 2.47. The highest BCUT2D eigenvalue weighted by Gasteiger charge is 2.09. The third-order valence-electron chi connectivity index (χ3n) is 10.4. The SMILES string of the molecule is Cc1cc(C=Cc2cc(C=Cc3ccc(C=C(c4ccccc4)c4ccccc4)c(C)c3)c3ccccc3c2)ccc1C=C(c1ccccc1)c1ccccc1. The van der Waals surface area contributed by atoms with Gasteiger partial charge in [-0.3, -0.25) is 0 Å². The second-order valence-corrected chi connectivity index (χ2v) is 14.3. The van der Waals surface area contributed by atoms with E-state index in [0.29, 0.717) is 0 Å². The van der Waals surface area contributed by atoms with Crippen LogP contribution < -0.4 is 0 Å². The summed E-state index contributed by atoms with van der Waals surface area (Å²) in [6.07, 6.45) is 13.6. The van der Waals surface area contributed by atoms with Gasteiger partial charge >= 0.3 is 0 Å². The average molecular weight is 717 g/mol. The zero-order valence-electron chi connectivity index (χ0n) is 31.9. The largest absolute Gasteiger partial charge is 0.0622 e. The Kier molecular flexibility index (Phi) is 10.9. The lowest BCUT2D eigenvalue weighted by Gasteiger charge is -2.11. The molecule has 0 amide bonds. The Labute approximate surface area is 331 Å². The molecule has 0 radical (unpaired) electrons. The van der Waals surface area contributed by atoms with E-state index in [-0.39, 0.29) is 0 Å². The molecule has 268 valence electrons. The van der Waals surface area contributed by atoms with Crippen molar-refractivity contribution in [3.05, 3.63) is 261 Å². The van der Waals surface area contributed by atoms with E-state index in [2.05, 4.69) is 244 Å². The Morgan fingerprint density at radius 2 is 0.714 bits per heavy atom. The molecular weight excluding hydrogens is 673 g/mol. The minimum atomic E-state index is 1.17. The fourth-order valence-corrected chi connectivity index (χ4v) is 7.35. The van der Waals surface area contributed by atoms with Gasteiger partial charge in [0, 0.05) is 0 Å². The summed E-state index contributed by atoms with van der Waals surface area (Å²) in [6, 6.07) is 69.3. The molecule has 0 bridgehead atoms. The zero-order chi connectivity index (χ0) is 38.1. The topological polar surface area (TPSA) is 0 Å². The molecule has 0 aliphatic carbocycles. The standard InChI is InChI=1S/C56H44/c1-41-35-43(29-32-50(41)39-55(46-17-7-3-8-18-46)47-19-9-4-10-20-47)27-28-45-37-52-25-15-16-26-54(52)53(38-45)34-31-44-30-33-51(42(2)36-44)40-56(48-21-11-5-12-22-48)49-23-13-6-14-24-49/h3-40H,1-2H3. The van der Waals surface area contributed by atoms with Crippen LogP contribution in [0.2, 0.25) is 0 Å². The highest BCUT2D eigenvalue weighted by molar-refractivity contribution is 5.96. The Hall–Kier alpha value is -7.02. The summed E-state index contributed by atoms with van der Waals surface area (Å²) in [5.74, 6) is 0. The molecule has 0 heteroatoms. The van der Waals surface area contributed by atoms with Crippen LogP contribution in [0.15, 0.2) is 194 Å². The third kappa shape index (κ3) is 8.52. The van der Waals surface area contributed by atoms with Gasteiger partial charge in [-0.2, -0.15) is 0 Å². The van der Waals surface area contributed by atoms with Gasteiger partial charge in [0.05, 0.1) is 0 Å². The minimum absolute atomic E-state index is 1.17. The lowest BCUT2D eigenvalue weighted by atomic mass is 9.93. The van der Waals surface area contributed by atoms with Crippen molar-refractivity contribution in [1.82, 2.24) is 0 Å². The van der Waals surface area contributed by atoms with E-state index in [0.717, 1.165) is 0 Å². The summed E-state index contributed by atoms with van der Waals surface area (Å²) in [6.45, 7) is 4.40. The summed E-state index contributed by atoms with van der Waals surface area (Å²) >= 11 is 0. The van der Waals surface area contributed by atoms with Crippen LogP contribution >= 0.6 is 0 Å². The molecule has 0 unspecified atom stereocenters. The first-order valence-corrected chi connectivity index (χ1v) is 19.3. The van der Waals surface area contributed by atoms with E-state index >= 15 is 0 Å². The number of aryl methyl sites for hydroxylation is 2. The number of hydrogen-bond acceptors (Lipinski definition) is 0. The van der Waals surface area contributed by atoms with E-state index < -0.39 is 0 Å². The molecule has 8 aromatic carbocycles. The summed E-state index contributed by atoms with van der Waals surface area (Å²) in [7, 11) is 0. The van der Waals surface area contributed by atoms with Crippen LogP contribution in [0.4, 0.5) is 0 Å². The van der Waals surface area contributed by atoms with Crippen molar-refractivity contribution in [2.24, 2.45) is 0 Å². The van der Waals surface area contributed by atoms with Crippen LogP contribution in [0.5, 0.6) is 0 Å². The Bertz CT molecular complexity index is 2630. The van der Waals surface area contributed by atoms with Gasteiger partial charge in [0.2, 0.25) is 0 Å². The molecule has 0 atom stereocenters. The number of hydrogen-bond donors (Lipinski definition) is 0. The first-order valence-electron chi connectivity index (χ1n) is 19.3. The van der Waals surface area contributed by atoms with Crippen molar-refractivity contribution in [1.29, 1.82) is 0 Å². The second kappa shape index (κ2) is 17.0. The van der Waals surface area contributed by atoms with Crippen molar-refractivity contribution < 1.29 is 0 Å². The molecule has 0 aliphatic rings. The van der Waals surface area contributed by atoms with Gasteiger partial charge < -0.3 is 0 Å². The molecule has 0 N–H and O–H groups in total. The summed E-state index contributed by atoms with van der Waals surface area (Å²) in [5.41, 5.74) is 16.9. The molecule has 0 saturated heterocycles. The number of rotatable bonds is 10.